The molecule has 1 atom stereocenters. The van der Waals surface area contributed by atoms with Crippen LogP contribution < -0.4 is 0 Å². The monoisotopic (exact) mass is 438 g/mol. The molecule has 3 aromatic rings. The predicted octanol–water partition coefficient (Wildman–Crippen LogP) is 3.21. The molecule has 31 heavy (non-hydrogen) atoms. The van der Waals surface area contributed by atoms with Crippen molar-refractivity contribution in [1.82, 2.24) is 9.04 Å². The van der Waals surface area contributed by atoms with Crippen molar-refractivity contribution >= 4 is 26.9 Å². The molecule has 8 heteroatoms. The van der Waals surface area contributed by atoms with Crippen molar-refractivity contribution in [2.75, 3.05) is 20.3 Å². The van der Waals surface area contributed by atoms with Gasteiger partial charge in [-0.2, -0.15) is 5.06 Å². The Hall–Kier alpha value is -2.94. The Morgan fingerprint density at radius 1 is 1.10 bits per heavy atom. The molecule has 0 unspecified atom stereocenters. The summed E-state index contributed by atoms with van der Waals surface area (Å²) in [7, 11) is -2.59. The topological polar surface area (TPSA) is 77.8 Å². The number of para-hydroxylation sites is 1. The minimum atomic E-state index is -3.93. The maximum absolute atomic E-state index is 13.9. The fourth-order valence-electron chi connectivity index (χ4n) is 4.53. The van der Waals surface area contributed by atoms with Crippen LogP contribution >= 0.6 is 0 Å². The number of aromatic nitrogens is 1. The van der Waals surface area contributed by atoms with Gasteiger partial charge >= 0.3 is 5.97 Å². The van der Waals surface area contributed by atoms with Crippen molar-refractivity contribution in [3.8, 4) is 0 Å². The van der Waals surface area contributed by atoms with Crippen LogP contribution in [0.15, 0.2) is 71.1 Å². The lowest BCUT2D eigenvalue weighted by Gasteiger charge is -2.35. The number of ether oxygens (including phenoxy) is 1. The summed E-state index contributed by atoms with van der Waals surface area (Å²) in [5.74, 6) is -0.484. The molecule has 0 spiro atoms. The molecule has 0 aliphatic carbocycles. The van der Waals surface area contributed by atoms with E-state index in [1.165, 1.54) is 11.1 Å². The Kier molecular flexibility index (Phi) is 4.92. The van der Waals surface area contributed by atoms with Crippen molar-refractivity contribution in [2.45, 2.75) is 23.8 Å². The first-order valence-corrected chi connectivity index (χ1v) is 11.6. The Balaban J connectivity index is 1.85. The predicted molar refractivity (Wildman–Crippen MR) is 115 cm³/mol. The van der Waals surface area contributed by atoms with Gasteiger partial charge in [-0.1, -0.05) is 42.5 Å². The lowest BCUT2D eigenvalue weighted by atomic mass is 9.93. The maximum atomic E-state index is 13.9. The van der Waals surface area contributed by atoms with Crippen LogP contribution in [0.4, 0.5) is 0 Å². The van der Waals surface area contributed by atoms with Gasteiger partial charge in [0.1, 0.15) is 6.04 Å². The first kappa shape index (κ1) is 20.0. The van der Waals surface area contributed by atoms with Crippen LogP contribution in [0.5, 0.6) is 0 Å². The lowest BCUT2D eigenvalue weighted by Crippen LogP contribution is -2.39. The van der Waals surface area contributed by atoms with E-state index in [4.69, 9.17) is 9.57 Å². The average Bonchev–Trinajstić information content (AvgIpc) is 2.99. The van der Waals surface area contributed by atoms with E-state index < -0.39 is 22.0 Å². The van der Waals surface area contributed by atoms with Crippen molar-refractivity contribution in [2.24, 2.45) is 0 Å². The van der Waals surface area contributed by atoms with Crippen LogP contribution in [0.25, 0.3) is 10.9 Å². The summed E-state index contributed by atoms with van der Waals surface area (Å²) in [6, 6.07) is 15.1. The van der Waals surface area contributed by atoms with Gasteiger partial charge in [0.25, 0.3) is 10.0 Å². The Bertz CT molecular complexity index is 1290. The van der Waals surface area contributed by atoms with Crippen LogP contribution in [-0.4, -0.2) is 43.7 Å². The van der Waals surface area contributed by atoms with Gasteiger partial charge in [0.05, 0.1) is 35.4 Å². The highest BCUT2D eigenvalue weighted by Gasteiger charge is 2.42. The molecule has 0 radical (unpaired) electrons. The summed E-state index contributed by atoms with van der Waals surface area (Å²) >= 11 is 0. The van der Waals surface area contributed by atoms with Crippen molar-refractivity contribution in [3.63, 3.8) is 0 Å². The largest absolute Gasteiger partial charge is 0.466 e. The SMILES string of the molecule is COC(=O)C1=CCCON2CCc3c(n(S(=O)(=O)c4ccccc4)c4ccccc34)[C@H]12. The zero-order valence-corrected chi connectivity index (χ0v) is 17.8. The molecule has 0 N–H and O–H groups in total. The summed E-state index contributed by atoms with van der Waals surface area (Å²) in [5.41, 5.74) is 2.44. The van der Waals surface area contributed by atoms with Gasteiger partial charge in [0.2, 0.25) is 0 Å². The third kappa shape index (κ3) is 3.10. The number of carbonyl (C=O) groups is 1. The first-order chi connectivity index (χ1) is 15.0. The minimum absolute atomic E-state index is 0.189. The smallest absolute Gasteiger partial charge is 0.335 e. The molecule has 2 aliphatic heterocycles. The number of esters is 1. The molecule has 0 bridgehead atoms. The number of hydrogen-bond donors (Lipinski definition) is 0. The van der Waals surface area contributed by atoms with Crippen molar-refractivity contribution in [3.05, 3.63) is 77.5 Å². The van der Waals surface area contributed by atoms with Crippen LogP contribution in [0.3, 0.4) is 0 Å². The van der Waals surface area contributed by atoms with E-state index in [0.717, 1.165) is 10.9 Å². The number of carbonyl (C=O) groups excluding carboxylic acids is 1. The molecule has 0 saturated heterocycles. The summed E-state index contributed by atoms with van der Waals surface area (Å²) < 4.78 is 34.1. The van der Waals surface area contributed by atoms with E-state index in [2.05, 4.69) is 0 Å². The zero-order valence-electron chi connectivity index (χ0n) is 17.0. The molecule has 0 fully saturated rings. The fourth-order valence-corrected chi connectivity index (χ4v) is 6.13. The van der Waals surface area contributed by atoms with E-state index in [9.17, 15) is 13.2 Å². The Morgan fingerprint density at radius 2 is 1.84 bits per heavy atom. The number of rotatable bonds is 3. The first-order valence-electron chi connectivity index (χ1n) is 10.1. The number of benzene rings is 2. The summed E-state index contributed by atoms with van der Waals surface area (Å²) in [6.45, 7) is 0.962. The normalized spacial score (nSPS) is 19.3. The molecule has 3 heterocycles. The van der Waals surface area contributed by atoms with Gasteiger partial charge in [-0.05, 0) is 36.6 Å². The second-order valence-corrected chi connectivity index (χ2v) is 9.32. The van der Waals surface area contributed by atoms with Gasteiger partial charge < -0.3 is 4.74 Å². The highest BCUT2D eigenvalue weighted by Crippen LogP contribution is 2.43. The summed E-state index contributed by atoms with van der Waals surface area (Å²) in [5, 5.41) is 2.58. The Morgan fingerprint density at radius 3 is 2.61 bits per heavy atom. The molecule has 7 nitrogen and oxygen atoms in total. The molecule has 0 amide bonds. The number of nitrogens with zero attached hydrogens (tertiary/aromatic N) is 2. The van der Waals surface area contributed by atoms with E-state index in [0.29, 0.717) is 42.8 Å². The quantitative estimate of drug-likeness (QED) is 0.585. The van der Waals surface area contributed by atoms with Crippen molar-refractivity contribution in [1.29, 1.82) is 0 Å². The third-order valence-corrected chi connectivity index (χ3v) is 7.58. The fraction of sp³-hybridized carbons (Fsp3) is 0.261. The maximum Gasteiger partial charge on any atom is 0.335 e. The third-order valence-electron chi connectivity index (χ3n) is 5.84. The second kappa shape index (κ2) is 7.64. The van der Waals surface area contributed by atoms with Gasteiger partial charge in [-0.15, -0.1) is 0 Å². The van der Waals surface area contributed by atoms with E-state index in [1.807, 2.05) is 18.2 Å². The molecule has 160 valence electrons. The minimum Gasteiger partial charge on any atom is -0.466 e. The van der Waals surface area contributed by atoms with E-state index in [-0.39, 0.29) is 4.90 Å². The molecule has 2 aliphatic rings. The van der Waals surface area contributed by atoms with Crippen LogP contribution in [0, 0.1) is 0 Å². The van der Waals surface area contributed by atoms with Gasteiger partial charge in [0.15, 0.2) is 0 Å². The standard InChI is InChI=1S/C23H22N2O5S/c1-29-23(26)19-11-7-15-30-24-14-13-18-17-10-5-6-12-20(17)25(22(18)21(19)24)31(27,28)16-8-3-2-4-9-16/h2-6,8-12,21H,7,13-15H2,1H3/t21-/m0/s1. The Labute approximate surface area is 180 Å². The molecular weight excluding hydrogens is 416 g/mol. The highest BCUT2D eigenvalue weighted by molar-refractivity contribution is 7.90. The van der Waals surface area contributed by atoms with Gasteiger partial charge in [0, 0.05) is 11.9 Å². The van der Waals surface area contributed by atoms with Gasteiger partial charge in [-0.25, -0.2) is 17.2 Å². The van der Waals surface area contributed by atoms with Crippen molar-refractivity contribution < 1.29 is 22.8 Å². The zero-order chi connectivity index (χ0) is 21.6. The molecule has 1 aromatic heterocycles. The molecule has 2 aromatic carbocycles. The van der Waals surface area contributed by atoms with Crippen LogP contribution in [0.2, 0.25) is 0 Å². The number of fused-ring (bicyclic) bond motifs is 5. The summed E-state index contributed by atoms with van der Waals surface area (Å²) in [4.78, 5) is 18.8. The lowest BCUT2D eigenvalue weighted by molar-refractivity contribution is -0.182. The summed E-state index contributed by atoms with van der Waals surface area (Å²) in [6.07, 6.45) is 2.94. The molecule has 5 rings (SSSR count). The number of methoxy groups -OCH3 is 1. The second-order valence-electron chi connectivity index (χ2n) is 7.53. The van der Waals surface area contributed by atoms with E-state index in [1.54, 1.807) is 47.5 Å². The highest BCUT2D eigenvalue weighted by atomic mass is 32.2. The van der Waals surface area contributed by atoms with Crippen LogP contribution in [0.1, 0.15) is 23.7 Å². The van der Waals surface area contributed by atoms with Gasteiger partial charge in [-0.3, -0.25) is 4.84 Å². The van der Waals surface area contributed by atoms with Crippen LogP contribution in [-0.2, 0) is 30.8 Å². The number of hydroxylamine groups is 2. The average molecular weight is 439 g/mol. The number of hydrogen-bond acceptors (Lipinski definition) is 6. The molecule has 0 saturated carbocycles. The van der Waals surface area contributed by atoms with E-state index >= 15 is 0 Å². The molecular formula is C23H22N2O5S.